The lowest BCUT2D eigenvalue weighted by Crippen LogP contribution is -2.18. The van der Waals surface area contributed by atoms with Gasteiger partial charge in [-0.2, -0.15) is 10.2 Å². The number of nitrogens with zero attached hydrogens (tertiary/aromatic N) is 3. The van der Waals surface area contributed by atoms with Crippen LogP contribution >= 0.6 is 15.9 Å². The summed E-state index contributed by atoms with van der Waals surface area (Å²) in [6.07, 6.45) is 3.53. The Morgan fingerprint density at radius 3 is 2.27 bits per heavy atom. The summed E-state index contributed by atoms with van der Waals surface area (Å²) in [7, 11) is 0. The third kappa shape index (κ3) is 5.46. The molecule has 4 rings (SSSR count). The minimum atomic E-state index is -0.257. The number of halogens is 1. The topological polar surface area (TPSA) is 59.3 Å². The lowest BCUT2D eigenvalue weighted by atomic mass is 9.87. The Labute approximate surface area is 202 Å². The van der Waals surface area contributed by atoms with E-state index < -0.39 is 0 Å². The van der Waals surface area contributed by atoms with E-state index in [1.807, 2.05) is 89.7 Å². The molecule has 3 aromatic carbocycles. The van der Waals surface area contributed by atoms with Gasteiger partial charge in [0.1, 0.15) is 5.69 Å². The quantitative estimate of drug-likeness (QED) is 0.256. The predicted molar refractivity (Wildman–Crippen MR) is 137 cm³/mol. The van der Waals surface area contributed by atoms with Crippen LogP contribution < -0.4 is 5.43 Å². The summed E-state index contributed by atoms with van der Waals surface area (Å²) < 4.78 is 2.81. The van der Waals surface area contributed by atoms with E-state index in [1.165, 1.54) is 5.56 Å². The van der Waals surface area contributed by atoms with Crippen LogP contribution in [-0.2, 0) is 5.41 Å². The summed E-state index contributed by atoms with van der Waals surface area (Å²) in [6, 6.07) is 25.4. The Balaban J connectivity index is 1.58. The Bertz CT molecular complexity index is 1270. The average Bonchev–Trinajstić information content (AvgIpc) is 3.24. The summed E-state index contributed by atoms with van der Waals surface area (Å²) in [5.41, 5.74) is 7.88. The van der Waals surface area contributed by atoms with E-state index in [0.29, 0.717) is 5.56 Å². The third-order valence-electron chi connectivity index (χ3n) is 5.26. The zero-order valence-electron chi connectivity index (χ0n) is 18.8. The van der Waals surface area contributed by atoms with Crippen molar-refractivity contribution in [3.63, 3.8) is 0 Å². The molecular weight excluding hydrogens is 476 g/mol. The minimum Gasteiger partial charge on any atom is -0.267 e. The monoisotopic (exact) mass is 500 g/mol. The molecule has 0 saturated heterocycles. The number of hydrogen-bond donors (Lipinski definition) is 1. The Hall–Kier alpha value is -3.51. The fraction of sp³-hybridized carbons (Fsp3) is 0.148. The summed E-state index contributed by atoms with van der Waals surface area (Å²) in [4.78, 5) is 12.6. The number of para-hydroxylation sites is 1. The molecule has 0 bridgehead atoms. The van der Waals surface area contributed by atoms with Gasteiger partial charge in [-0.1, -0.05) is 79.2 Å². The van der Waals surface area contributed by atoms with Crippen LogP contribution in [-0.4, -0.2) is 21.9 Å². The molecule has 5 nitrogen and oxygen atoms in total. The molecule has 166 valence electrons. The third-order valence-corrected chi connectivity index (χ3v) is 5.79. The largest absolute Gasteiger partial charge is 0.271 e. The molecule has 0 fully saturated rings. The predicted octanol–water partition coefficient (Wildman–Crippen LogP) is 6.36. The molecule has 33 heavy (non-hydrogen) atoms. The first-order valence-corrected chi connectivity index (χ1v) is 11.5. The van der Waals surface area contributed by atoms with Crippen molar-refractivity contribution in [3.8, 4) is 16.9 Å². The molecule has 1 aromatic heterocycles. The van der Waals surface area contributed by atoms with Gasteiger partial charge < -0.3 is 0 Å². The molecule has 0 saturated carbocycles. The first kappa shape index (κ1) is 22.7. The number of nitrogens with one attached hydrogen (secondary N) is 1. The van der Waals surface area contributed by atoms with E-state index in [9.17, 15) is 4.79 Å². The normalized spacial score (nSPS) is 11.6. The zero-order chi connectivity index (χ0) is 23.4. The molecule has 0 aliphatic heterocycles. The second-order valence-electron chi connectivity index (χ2n) is 8.75. The van der Waals surface area contributed by atoms with Gasteiger partial charge in [-0.05, 0) is 47.4 Å². The number of benzene rings is 3. The van der Waals surface area contributed by atoms with Crippen LogP contribution in [0.2, 0.25) is 0 Å². The molecule has 0 aliphatic carbocycles. The number of amides is 1. The molecule has 0 atom stereocenters. The fourth-order valence-corrected chi connectivity index (χ4v) is 3.64. The number of carbonyl (C=O) groups is 1. The van der Waals surface area contributed by atoms with Gasteiger partial charge in [-0.15, -0.1) is 0 Å². The Morgan fingerprint density at radius 2 is 1.64 bits per heavy atom. The summed E-state index contributed by atoms with van der Waals surface area (Å²) in [5, 5.41) is 8.98. The molecule has 1 N–H and O–H groups in total. The van der Waals surface area contributed by atoms with Crippen LogP contribution in [0.25, 0.3) is 16.9 Å². The van der Waals surface area contributed by atoms with Gasteiger partial charge in [-0.25, -0.2) is 10.1 Å². The Kier molecular flexibility index (Phi) is 6.56. The highest BCUT2D eigenvalue weighted by atomic mass is 79.9. The van der Waals surface area contributed by atoms with Crippen LogP contribution in [0.1, 0.15) is 42.3 Å². The summed E-state index contributed by atoms with van der Waals surface area (Å²) >= 11 is 3.47. The number of hydrazone groups is 1. The number of hydrogen-bond acceptors (Lipinski definition) is 3. The zero-order valence-corrected chi connectivity index (χ0v) is 20.4. The Morgan fingerprint density at radius 1 is 0.970 bits per heavy atom. The van der Waals surface area contributed by atoms with E-state index in [-0.39, 0.29) is 11.3 Å². The van der Waals surface area contributed by atoms with Gasteiger partial charge in [0, 0.05) is 27.4 Å². The first-order valence-electron chi connectivity index (χ1n) is 10.7. The molecule has 6 heteroatoms. The van der Waals surface area contributed by atoms with Gasteiger partial charge in [0.15, 0.2) is 0 Å². The van der Waals surface area contributed by atoms with Crippen LogP contribution in [0.15, 0.2) is 94.6 Å². The molecule has 0 radical (unpaired) electrons. The fourth-order valence-electron chi connectivity index (χ4n) is 3.37. The van der Waals surface area contributed by atoms with Gasteiger partial charge >= 0.3 is 0 Å². The number of carbonyl (C=O) groups excluding carboxylic acids is 1. The lowest BCUT2D eigenvalue weighted by molar-refractivity contribution is 0.0955. The second-order valence-corrected chi connectivity index (χ2v) is 9.66. The summed E-state index contributed by atoms with van der Waals surface area (Å²) in [5.74, 6) is -0.257. The molecular formula is C27H25BrN4O. The summed E-state index contributed by atoms with van der Waals surface area (Å²) in [6.45, 7) is 6.43. The highest BCUT2D eigenvalue weighted by Gasteiger charge is 2.14. The maximum Gasteiger partial charge on any atom is 0.271 e. The van der Waals surface area contributed by atoms with Crippen LogP contribution in [0.5, 0.6) is 0 Å². The standard InChI is InChI=1S/C27H25BrN4O/c1-27(2,3)22-13-9-20(10-14-22)26(33)30-29-17-21-18-32(24-7-5-4-6-8-24)31-25(21)19-11-15-23(28)16-12-19/h4-18H,1-3H3,(H,30,33)/b29-17+. The van der Waals surface area contributed by atoms with Crippen molar-refractivity contribution in [2.45, 2.75) is 26.2 Å². The molecule has 4 aromatic rings. The van der Waals surface area contributed by atoms with Gasteiger partial charge in [0.2, 0.25) is 0 Å². The van der Waals surface area contributed by atoms with E-state index >= 15 is 0 Å². The maximum atomic E-state index is 12.6. The van der Waals surface area contributed by atoms with Crippen LogP contribution in [0.4, 0.5) is 0 Å². The van der Waals surface area contributed by atoms with Crippen molar-refractivity contribution in [1.82, 2.24) is 15.2 Å². The van der Waals surface area contributed by atoms with E-state index in [0.717, 1.165) is 27.0 Å². The molecule has 0 unspecified atom stereocenters. The van der Waals surface area contributed by atoms with Crippen molar-refractivity contribution in [3.05, 3.63) is 106 Å². The smallest absolute Gasteiger partial charge is 0.267 e. The van der Waals surface area contributed by atoms with Gasteiger partial charge in [0.05, 0.1) is 11.9 Å². The van der Waals surface area contributed by atoms with E-state index in [1.54, 1.807) is 6.21 Å². The van der Waals surface area contributed by atoms with E-state index in [2.05, 4.69) is 47.2 Å². The van der Waals surface area contributed by atoms with Gasteiger partial charge in [0.25, 0.3) is 5.91 Å². The van der Waals surface area contributed by atoms with Gasteiger partial charge in [-0.3, -0.25) is 4.79 Å². The minimum absolute atomic E-state index is 0.0372. The van der Waals surface area contributed by atoms with E-state index in [4.69, 9.17) is 5.10 Å². The lowest BCUT2D eigenvalue weighted by Gasteiger charge is -2.18. The van der Waals surface area contributed by atoms with Crippen molar-refractivity contribution in [1.29, 1.82) is 0 Å². The molecule has 0 aliphatic rings. The molecule has 1 amide bonds. The van der Waals surface area contributed by atoms with Crippen molar-refractivity contribution >= 4 is 28.1 Å². The van der Waals surface area contributed by atoms with Crippen LogP contribution in [0.3, 0.4) is 0 Å². The number of aromatic nitrogens is 2. The second kappa shape index (κ2) is 9.55. The van der Waals surface area contributed by atoms with Crippen LogP contribution in [0, 0.1) is 0 Å². The SMILES string of the molecule is CC(C)(C)c1ccc(C(=O)N/N=C/c2cn(-c3ccccc3)nc2-c2ccc(Br)cc2)cc1. The first-order chi connectivity index (χ1) is 15.8. The maximum absolute atomic E-state index is 12.6. The highest BCUT2D eigenvalue weighted by Crippen LogP contribution is 2.25. The van der Waals surface area contributed by atoms with Crippen molar-refractivity contribution < 1.29 is 4.79 Å². The number of rotatable bonds is 5. The highest BCUT2D eigenvalue weighted by molar-refractivity contribution is 9.10. The van der Waals surface area contributed by atoms with Crippen molar-refractivity contribution in [2.24, 2.45) is 5.10 Å². The molecule has 1 heterocycles. The average molecular weight is 501 g/mol. The van der Waals surface area contributed by atoms with Crippen molar-refractivity contribution in [2.75, 3.05) is 0 Å². The molecule has 0 spiro atoms.